The van der Waals surface area contributed by atoms with Crippen LogP contribution in [0.25, 0.3) is 0 Å². The van der Waals surface area contributed by atoms with E-state index in [2.05, 4.69) is 0 Å². The fraction of sp³-hybridized carbons (Fsp3) is 1.00. The summed E-state index contributed by atoms with van der Waals surface area (Å²) in [5, 5.41) is 29.8. The molecule has 0 saturated carbocycles. The molecule has 4 rings (SSSR count). The highest BCUT2D eigenvalue weighted by atomic mass is 32.2. The SMILES string of the molecule is CC1(C)O[C@H]2[C@@H](O1)[C@@H](CO[C@@H]1O[C@H](CO)[C@@H](O)[C@H](O)[C@H]1NS(=O)(=O)O)O[C@@H]1OC(C)(C)O[C@@H]12.N. The number of fused-ring (bicyclic) bond motifs is 3. The zero-order chi connectivity index (χ0) is 24.3. The molecule has 0 aromatic carbocycles. The van der Waals surface area contributed by atoms with E-state index in [1.807, 2.05) is 0 Å². The van der Waals surface area contributed by atoms with Crippen LogP contribution < -0.4 is 10.9 Å². The first-order valence-electron chi connectivity index (χ1n) is 10.6. The summed E-state index contributed by atoms with van der Waals surface area (Å²) in [6.07, 6.45) is -9.44. The molecule has 0 amide bonds. The number of rotatable bonds is 6. The van der Waals surface area contributed by atoms with E-state index >= 15 is 0 Å². The minimum Gasteiger partial charge on any atom is -0.394 e. The first-order valence-corrected chi connectivity index (χ1v) is 12.0. The molecule has 10 atom stereocenters. The molecule has 0 radical (unpaired) electrons. The van der Waals surface area contributed by atoms with Gasteiger partial charge in [0.1, 0.15) is 48.8 Å². The van der Waals surface area contributed by atoms with Gasteiger partial charge in [-0.2, -0.15) is 13.1 Å². The van der Waals surface area contributed by atoms with Crippen LogP contribution in [-0.2, 0) is 43.5 Å². The highest BCUT2D eigenvalue weighted by Gasteiger charge is 2.61. The van der Waals surface area contributed by atoms with Crippen molar-refractivity contribution in [1.82, 2.24) is 10.9 Å². The largest absolute Gasteiger partial charge is 0.394 e. The average Bonchev–Trinajstić information content (AvgIpc) is 3.17. The molecule has 0 aromatic rings. The smallest absolute Gasteiger partial charge is 0.333 e. The van der Waals surface area contributed by atoms with Gasteiger partial charge >= 0.3 is 10.3 Å². The van der Waals surface area contributed by atoms with Gasteiger partial charge in [0, 0.05) is 0 Å². The standard InChI is InChI=1S/C18H31NO13S.H3N/c1-17(2)29-12-8(28-16-14(13(12)30-17)31-18(3,4)32-16)6-26-15-9(19-33(23,24)25)11(22)10(21)7(5-20)27-15;/h7-16,19-22H,5-6H2,1-4H3,(H,23,24,25);1H3/t7-,8-,9-,10-,11-,12+,13+,14-,15-,16-;/m1./s1. The van der Waals surface area contributed by atoms with Crippen LogP contribution in [-0.4, -0.2) is 114 Å². The van der Waals surface area contributed by atoms with E-state index in [0.29, 0.717) is 0 Å². The third-order valence-corrected chi connectivity index (χ3v) is 6.41. The molecule has 4 heterocycles. The van der Waals surface area contributed by atoms with Crippen molar-refractivity contribution in [1.29, 1.82) is 0 Å². The summed E-state index contributed by atoms with van der Waals surface area (Å²) in [7, 11) is -4.79. The second-order valence-electron chi connectivity index (χ2n) is 9.37. The second-order valence-corrected chi connectivity index (χ2v) is 10.6. The van der Waals surface area contributed by atoms with Gasteiger partial charge in [0.15, 0.2) is 24.2 Å². The highest BCUT2D eigenvalue weighted by molar-refractivity contribution is 7.83. The minimum absolute atomic E-state index is 0. The van der Waals surface area contributed by atoms with Crippen molar-refractivity contribution in [2.75, 3.05) is 13.2 Å². The molecular formula is C18H34N2O13S. The van der Waals surface area contributed by atoms with Gasteiger partial charge < -0.3 is 54.6 Å². The van der Waals surface area contributed by atoms with Crippen molar-refractivity contribution in [2.24, 2.45) is 0 Å². The molecule has 8 N–H and O–H groups in total. The van der Waals surface area contributed by atoms with Gasteiger partial charge in [0.05, 0.1) is 13.2 Å². The van der Waals surface area contributed by atoms with E-state index in [1.165, 1.54) is 0 Å². The Morgan fingerprint density at radius 2 is 1.47 bits per heavy atom. The Kier molecular flexibility index (Phi) is 8.00. The molecule has 0 aromatic heterocycles. The van der Waals surface area contributed by atoms with Crippen molar-refractivity contribution in [2.45, 2.75) is 101 Å². The Labute approximate surface area is 197 Å². The van der Waals surface area contributed by atoms with Crippen molar-refractivity contribution >= 4 is 10.3 Å². The number of aliphatic hydroxyl groups is 3. The number of hydrogen-bond donors (Lipinski definition) is 6. The minimum atomic E-state index is -4.79. The summed E-state index contributed by atoms with van der Waals surface area (Å²) in [6, 6.07) is -1.58. The predicted molar refractivity (Wildman–Crippen MR) is 110 cm³/mol. The quantitative estimate of drug-likeness (QED) is 0.204. The van der Waals surface area contributed by atoms with E-state index in [0.717, 1.165) is 0 Å². The van der Waals surface area contributed by atoms with E-state index in [4.69, 9.17) is 33.2 Å². The zero-order valence-electron chi connectivity index (χ0n) is 19.3. The third kappa shape index (κ3) is 5.70. The summed E-state index contributed by atoms with van der Waals surface area (Å²) < 4.78 is 74.5. The second kappa shape index (κ2) is 9.71. The molecule has 0 bridgehead atoms. The van der Waals surface area contributed by atoms with Gasteiger partial charge in [0.25, 0.3) is 0 Å². The van der Waals surface area contributed by atoms with Crippen molar-refractivity contribution in [3.8, 4) is 0 Å². The Balaban J connectivity index is 0.00000324. The Hall–Kier alpha value is -0.570. The molecule has 4 aliphatic heterocycles. The van der Waals surface area contributed by atoms with E-state index < -0.39 is 89.8 Å². The monoisotopic (exact) mass is 518 g/mol. The Morgan fingerprint density at radius 1 is 0.882 bits per heavy atom. The summed E-state index contributed by atoms with van der Waals surface area (Å²) in [5.41, 5.74) is 0. The van der Waals surface area contributed by atoms with Crippen LogP contribution in [0.2, 0.25) is 0 Å². The first kappa shape index (κ1) is 28.0. The lowest BCUT2D eigenvalue weighted by molar-refractivity contribution is -0.291. The molecule has 34 heavy (non-hydrogen) atoms. The molecule has 0 aliphatic carbocycles. The molecule has 4 aliphatic rings. The summed E-state index contributed by atoms with van der Waals surface area (Å²) in [4.78, 5) is 0. The van der Waals surface area contributed by atoms with Gasteiger partial charge in [-0.25, -0.2) is 0 Å². The van der Waals surface area contributed by atoms with Crippen LogP contribution in [0.1, 0.15) is 27.7 Å². The van der Waals surface area contributed by atoms with Crippen LogP contribution in [0.3, 0.4) is 0 Å². The van der Waals surface area contributed by atoms with Gasteiger partial charge in [0.2, 0.25) is 0 Å². The lowest BCUT2D eigenvalue weighted by atomic mass is 9.97. The Bertz CT molecular complexity index is 827. The normalized spacial score (nSPS) is 45.3. The number of hydrogen-bond acceptors (Lipinski definition) is 13. The van der Waals surface area contributed by atoms with Crippen molar-refractivity contribution in [3.05, 3.63) is 0 Å². The van der Waals surface area contributed by atoms with Crippen LogP contribution in [0.15, 0.2) is 0 Å². The lowest BCUT2D eigenvalue weighted by Gasteiger charge is -2.43. The maximum absolute atomic E-state index is 11.4. The fourth-order valence-electron chi connectivity index (χ4n) is 4.54. The maximum Gasteiger partial charge on any atom is 0.333 e. The first-order chi connectivity index (χ1) is 15.2. The third-order valence-electron chi connectivity index (χ3n) is 5.84. The molecule has 4 fully saturated rings. The number of aliphatic hydroxyl groups excluding tert-OH is 3. The maximum atomic E-state index is 11.4. The van der Waals surface area contributed by atoms with Crippen LogP contribution in [0.4, 0.5) is 0 Å². The van der Waals surface area contributed by atoms with Crippen LogP contribution in [0.5, 0.6) is 0 Å². The van der Waals surface area contributed by atoms with Crippen LogP contribution in [0, 0.1) is 0 Å². The van der Waals surface area contributed by atoms with Gasteiger partial charge in [-0.1, -0.05) is 0 Å². The summed E-state index contributed by atoms with van der Waals surface area (Å²) >= 11 is 0. The molecule has 200 valence electrons. The van der Waals surface area contributed by atoms with E-state index in [-0.39, 0.29) is 12.8 Å². The summed E-state index contributed by atoms with van der Waals surface area (Å²) in [6.45, 7) is 6.04. The topological polar surface area (TPSA) is 227 Å². The van der Waals surface area contributed by atoms with Gasteiger partial charge in [-0.3, -0.25) is 4.55 Å². The highest BCUT2D eigenvalue weighted by Crippen LogP contribution is 2.44. The summed E-state index contributed by atoms with van der Waals surface area (Å²) in [5.74, 6) is -1.86. The molecule has 0 unspecified atom stereocenters. The zero-order valence-corrected chi connectivity index (χ0v) is 20.1. The van der Waals surface area contributed by atoms with Crippen molar-refractivity contribution < 1.29 is 61.4 Å². The lowest BCUT2D eigenvalue weighted by Crippen LogP contribution is -2.65. The number of ether oxygens (including phenoxy) is 7. The van der Waals surface area contributed by atoms with Crippen molar-refractivity contribution in [3.63, 3.8) is 0 Å². The average molecular weight is 519 g/mol. The van der Waals surface area contributed by atoms with Crippen LogP contribution >= 0.6 is 0 Å². The van der Waals surface area contributed by atoms with Gasteiger partial charge in [-0.05, 0) is 27.7 Å². The van der Waals surface area contributed by atoms with E-state index in [1.54, 1.807) is 32.4 Å². The predicted octanol–water partition coefficient (Wildman–Crippen LogP) is -2.24. The van der Waals surface area contributed by atoms with E-state index in [9.17, 15) is 28.3 Å². The molecule has 16 heteroatoms. The molecule has 0 spiro atoms. The fourth-order valence-corrected chi connectivity index (χ4v) is 5.13. The van der Waals surface area contributed by atoms with Gasteiger partial charge in [-0.15, -0.1) is 0 Å². The Morgan fingerprint density at radius 3 is 2.09 bits per heavy atom. The molecule has 4 saturated heterocycles. The number of nitrogens with one attached hydrogen (secondary N) is 1. The molecule has 15 nitrogen and oxygen atoms in total. The molecular weight excluding hydrogens is 484 g/mol.